The summed E-state index contributed by atoms with van der Waals surface area (Å²) in [7, 11) is 0. The van der Waals surface area contributed by atoms with Crippen LogP contribution in [-0.2, 0) is 12.0 Å². The molecule has 1 aromatic heterocycles. The minimum Gasteiger partial charge on any atom is -0.383 e. The van der Waals surface area contributed by atoms with Gasteiger partial charge in [0.05, 0.1) is 0 Å². The van der Waals surface area contributed by atoms with E-state index in [4.69, 9.17) is 10.7 Å². The van der Waals surface area contributed by atoms with Crippen LogP contribution in [0.3, 0.4) is 0 Å². The van der Waals surface area contributed by atoms with Crippen molar-refractivity contribution in [1.82, 2.24) is 9.55 Å². The first kappa shape index (κ1) is 15.5. The smallest absolute Gasteiger partial charge is 0.131 e. The van der Waals surface area contributed by atoms with Gasteiger partial charge in [-0.05, 0) is 25.0 Å². The van der Waals surface area contributed by atoms with Crippen molar-refractivity contribution in [3.8, 4) is 11.3 Å². The van der Waals surface area contributed by atoms with Crippen LogP contribution in [-0.4, -0.2) is 9.55 Å². The van der Waals surface area contributed by atoms with Gasteiger partial charge >= 0.3 is 0 Å². The van der Waals surface area contributed by atoms with Crippen molar-refractivity contribution in [2.24, 2.45) is 0 Å². The topological polar surface area (TPSA) is 43.8 Å². The van der Waals surface area contributed by atoms with E-state index in [2.05, 4.69) is 27.7 Å². The second-order valence-corrected chi connectivity index (χ2v) is 6.53. The van der Waals surface area contributed by atoms with E-state index >= 15 is 0 Å². The Bertz CT molecular complexity index is 651. The number of anilines is 1. The van der Waals surface area contributed by atoms with Crippen molar-refractivity contribution in [3.05, 3.63) is 35.4 Å². The quantitative estimate of drug-likeness (QED) is 0.916. The summed E-state index contributed by atoms with van der Waals surface area (Å²) in [6.07, 6.45) is 0.978. The lowest BCUT2D eigenvalue weighted by Gasteiger charge is -2.19. The van der Waals surface area contributed by atoms with Crippen LogP contribution in [0.2, 0.25) is 0 Å². The molecular formula is C17H24FN3. The van der Waals surface area contributed by atoms with E-state index in [-0.39, 0.29) is 11.2 Å². The molecule has 0 bridgehead atoms. The summed E-state index contributed by atoms with van der Waals surface area (Å²) in [5.41, 5.74) is 8.21. The Labute approximate surface area is 126 Å². The van der Waals surface area contributed by atoms with Gasteiger partial charge in [-0.1, -0.05) is 39.8 Å². The Kier molecular flexibility index (Phi) is 4.08. The molecule has 4 heteroatoms. The fourth-order valence-electron chi connectivity index (χ4n) is 2.44. The van der Waals surface area contributed by atoms with Gasteiger partial charge in [-0.3, -0.25) is 0 Å². The number of aromatic nitrogens is 2. The number of hydrogen-bond acceptors (Lipinski definition) is 2. The third kappa shape index (κ3) is 2.94. The SMILES string of the molecule is CCCn1c(C(C)(C)C)nc(-c2ccc(C)c(F)c2)c1N. The third-order valence-corrected chi connectivity index (χ3v) is 3.57. The molecule has 0 fully saturated rings. The average Bonchev–Trinajstić information content (AvgIpc) is 2.71. The van der Waals surface area contributed by atoms with E-state index in [0.717, 1.165) is 24.4 Å². The van der Waals surface area contributed by atoms with Gasteiger partial charge in [0.2, 0.25) is 0 Å². The molecule has 114 valence electrons. The molecule has 0 aliphatic heterocycles. The van der Waals surface area contributed by atoms with Crippen LogP contribution in [0.1, 0.15) is 45.5 Å². The number of nitrogens with zero attached hydrogens (tertiary/aromatic N) is 2. The molecule has 0 atom stereocenters. The largest absolute Gasteiger partial charge is 0.383 e. The third-order valence-electron chi connectivity index (χ3n) is 3.57. The average molecular weight is 289 g/mol. The molecule has 2 N–H and O–H groups in total. The second-order valence-electron chi connectivity index (χ2n) is 6.53. The van der Waals surface area contributed by atoms with Crippen LogP contribution in [0.4, 0.5) is 10.2 Å². The number of benzene rings is 1. The Morgan fingerprint density at radius 1 is 1.29 bits per heavy atom. The zero-order valence-electron chi connectivity index (χ0n) is 13.5. The van der Waals surface area contributed by atoms with Crippen LogP contribution in [0.25, 0.3) is 11.3 Å². The van der Waals surface area contributed by atoms with Gasteiger partial charge in [-0.15, -0.1) is 0 Å². The lowest BCUT2D eigenvalue weighted by atomic mass is 9.95. The molecule has 3 nitrogen and oxygen atoms in total. The molecule has 0 unspecified atom stereocenters. The highest BCUT2D eigenvalue weighted by Gasteiger charge is 2.25. The highest BCUT2D eigenvalue weighted by Crippen LogP contribution is 2.32. The highest BCUT2D eigenvalue weighted by atomic mass is 19.1. The van der Waals surface area contributed by atoms with E-state index in [1.807, 2.05) is 10.6 Å². The van der Waals surface area contributed by atoms with Gasteiger partial charge < -0.3 is 10.3 Å². The van der Waals surface area contributed by atoms with E-state index in [1.165, 1.54) is 6.07 Å². The Balaban J connectivity index is 2.61. The first-order chi connectivity index (χ1) is 9.75. The number of halogens is 1. The van der Waals surface area contributed by atoms with E-state index < -0.39 is 0 Å². The number of rotatable bonds is 3. The first-order valence-corrected chi connectivity index (χ1v) is 7.38. The minimum atomic E-state index is -0.228. The van der Waals surface area contributed by atoms with Crippen LogP contribution >= 0.6 is 0 Å². The molecule has 1 aromatic carbocycles. The van der Waals surface area contributed by atoms with Crippen molar-refractivity contribution in [2.45, 2.75) is 53.0 Å². The molecule has 0 amide bonds. The van der Waals surface area contributed by atoms with Gasteiger partial charge in [0, 0.05) is 17.5 Å². The molecule has 0 radical (unpaired) electrons. The van der Waals surface area contributed by atoms with Crippen molar-refractivity contribution in [1.29, 1.82) is 0 Å². The fourth-order valence-corrected chi connectivity index (χ4v) is 2.44. The molecule has 2 aromatic rings. The fraction of sp³-hybridized carbons (Fsp3) is 0.471. The predicted molar refractivity (Wildman–Crippen MR) is 85.8 cm³/mol. The highest BCUT2D eigenvalue weighted by molar-refractivity contribution is 5.71. The van der Waals surface area contributed by atoms with Gasteiger partial charge in [0.15, 0.2) is 0 Å². The van der Waals surface area contributed by atoms with E-state index in [9.17, 15) is 4.39 Å². The Morgan fingerprint density at radius 2 is 1.95 bits per heavy atom. The number of nitrogens with two attached hydrogens (primary N) is 1. The molecular weight excluding hydrogens is 265 g/mol. The van der Waals surface area contributed by atoms with Crippen molar-refractivity contribution in [3.63, 3.8) is 0 Å². The van der Waals surface area contributed by atoms with E-state index in [0.29, 0.717) is 17.1 Å². The van der Waals surface area contributed by atoms with Crippen molar-refractivity contribution in [2.75, 3.05) is 5.73 Å². The maximum atomic E-state index is 13.8. The molecule has 21 heavy (non-hydrogen) atoms. The Hall–Kier alpha value is -1.84. The Morgan fingerprint density at radius 3 is 2.48 bits per heavy atom. The number of aryl methyl sites for hydroxylation is 1. The minimum absolute atomic E-state index is 0.106. The monoisotopic (exact) mass is 289 g/mol. The standard InChI is InChI=1S/C17H24FN3/c1-6-9-21-15(19)14(20-16(21)17(3,4)5)12-8-7-11(2)13(18)10-12/h7-8,10H,6,9,19H2,1-5H3. The summed E-state index contributed by atoms with van der Waals surface area (Å²) in [5.74, 6) is 1.33. The van der Waals surface area contributed by atoms with Gasteiger partial charge in [0.1, 0.15) is 23.2 Å². The van der Waals surface area contributed by atoms with Gasteiger partial charge in [-0.2, -0.15) is 0 Å². The molecule has 1 heterocycles. The number of imidazole rings is 1. The number of nitrogen functional groups attached to an aromatic ring is 1. The molecule has 0 aliphatic carbocycles. The molecule has 0 saturated heterocycles. The zero-order chi connectivity index (χ0) is 15.8. The first-order valence-electron chi connectivity index (χ1n) is 7.38. The maximum absolute atomic E-state index is 13.8. The van der Waals surface area contributed by atoms with Crippen molar-refractivity contribution < 1.29 is 4.39 Å². The van der Waals surface area contributed by atoms with Crippen LogP contribution in [0.5, 0.6) is 0 Å². The zero-order valence-corrected chi connectivity index (χ0v) is 13.5. The summed E-state index contributed by atoms with van der Waals surface area (Å²) in [6, 6.07) is 5.15. The summed E-state index contributed by atoms with van der Waals surface area (Å²) in [6.45, 7) is 11.0. The summed E-state index contributed by atoms with van der Waals surface area (Å²) >= 11 is 0. The summed E-state index contributed by atoms with van der Waals surface area (Å²) in [5, 5.41) is 0. The normalized spacial score (nSPS) is 11.9. The van der Waals surface area contributed by atoms with Crippen LogP contribution in [0, 0.1) is 12.7 Å². The molecule has 0 spiro atoms. The number of hydrogen-bond donors (Lipinski definition) is 1. The van der Waals surface area contributed by atoms with Crippen molar-refractivity contribution >= 4 is 5.82 Å². The van der Waals surface area contributed by atoms with E-state index in [1.54, 1.807) is 13.0 Å². The second kappa shape index (κ2) is 5.51. The van der Waals surface area contributed by atoms with Crippen LogP contribution < -0.4 is 5.73 Å². The lowest BCUT2D eigenvalue weighted by molar-refractivity contribution is 0.498. The molecule has 0 aliphatic rings. The molecule has 0 saturated carbocycles. The van der Waals surface area contributed by atoms with Gasteiger partial charge in [-0.25, -0.2) is 9.37 Å². The van der Waals surface area contributed by atoms with Crippen LogP contribution in [0.15, 0.2) is 18.2 Å². The maximum Gasteiger partial charge on any atom is 0.131 e. The lowest BCUT2D eigenvalue weighted by Crippen LogP contribution is -2.19. The summed E-state index contributed by atoms with van der Waals surface area (Å²) in [4.78, 5) is 4.71. The summed E-state index contributed by atoms with van der Waals surface area (Å²) < 4.78 is 15.9. The molecule has 2 rings (SSSR count). The predicted octanol–water partition coefficient (Wildman–Crippen LogP) is 4.29. The van der Waals surface area contributed by atoms with Gasteiger partial charge in [0.25, 0.3) is 0 Å².